The lowest BCUT2D eigenvalue weighted by molar-refractivity contribution is -0.210. The standard InChI is InChI=1S/C17H24N2O5/c1-16(2)12-10(6-7-23-12)13(16)24-11(20)8-19-14(21)17(3,9-4-5-9)18-15(19)22/h9-10,12-13H,4-8H2,1-3H3,(H,18,22)/t10-,12-,13-,17-/m1/s1. The van der Waals surface area contributed by atoms with E-state index in [4.69, 9.17) is 9.47 Å². The number of nitrogens with one attached hydrogen (secondary N) is 1. The summed E-state index contributed by atoms with van der Waals surface area (Å²) in [6.07, 6.45) is 2.66. The van der Waals surface area contributed by atoms with Crippen LogP contribution in [0.15, 0.2) is 0 Å². The van der Waals surface area contributed by atoms with Crippen molar-refractivity contribution in [3.63, 3.8) is 0 Å². The smallest absolute Gasteiger partial charge is 0.326 e. The average molecular weight is 336 g/mol. The molecule has 2 saturated heterocycles. The molecule has 2 heterocycles. The Hall–Kier alpha value is -1.63. The quantitative estimate of drug-likeness (QED) is 0.613. The van der Waals surface area contributed by atoms with Crippen LogP contribution in [-0.4, -0.2) is 53.7 Å². The molecule has 132 valence electrons. The largest absolute Gasteiger partial charge is 0.460 e. The minimum Gasteiger partial charge on any atom is -0.460 e. The topological polar surface area (TPSA) is 84.9 Å². The first kappa shape index (κ1) is 15.9. The Labute approximate surface area is 141 Å². The summed E-state index contributed by atoms with van der Waals surface area (Å²) in [5.41, 5.74) is -1.09. The molecule has 0 bridgehead atoms. The van der Waals surface area contributed by atoms with Crippen molar-refractivity contribution in [3.05, 3.63) is 0 Å². The number of rotatable bonds is 4. The third kappa shape index (κ3) is 2.10. The fourth-order valence-corrected chi connectivity index (χ4v) is 4.62. The molecular weight excluding hydrogens is 312 g/mol. The van der Waals surface area contributed by atoms with E-state index in [1.54, 1.807) is 6.92 Å². The average Bonchev–Trinajstić information content (AvgIpc) is 3.24. The van der Waals surface area contributed by atoms with Gasteiger partial charge in [0.2, 0.25) is 0 Å². The molecule has 3 amide bonds. The van der Waals surface area contributed by atoms with E-state index in [2.05, 4.69) is 5.32 Å². The number of carbonyl (C=O) groups is 3. The van der Waals surface area contributed by atoms with Crippen LogP contribution in [0.2, 0.25) is 0 Å². The van der Waals surface area contributed by atoms with E-state index < -0.39 is 17.5 Å². The highest BCUT2D eigenvalue weighted by molar-refractivity contribution is 6.08. The molecule has 2 saturated carbocycles. The maximum atomic E-state index is 12.5. The third-order valence-electron chi connectivity index (χ3n) is 6.23. The van der Waals surface area contributed by atoms with Crippen LogP contribution >= 0.6 is 0 Å². The molecule has 4 atom stereocenters. The lowest BCUT2D eigenvalue weighted by atomic mass is 9.59. The molecule has 0 aromatic rings. The number of esters is 1. The lowest BCUT2D eigenvalue weighted by Crippen LogP contribution is -2.61. The highest BCUT2D eigenvalue weighted by Gasteiger charge is 2.62. The van der Waals surface area contributed by atoms with Crippen molar-refractivity contribution in [2.45, 2.75) is 57.8 Å². The van der Waals surface area contributed by atoms with Crippen LogP contribution in [0.25, 0.3) is 0 Å². The van der Waals surface area contributed by atoms with E-state index in [1.165, 1.54) is 0 Å². The van der Waals surface area contributed by atoms with E-state index in [0.717, 1.165) is 24.2 Å². The Bertz CT molecular complexity index is 614. The van der Waals surface area contributed by atoms with Crippen LogP contribution in [0.4, 0.5) is 4.79 Å². The van der Waals surface area contributed by atoms with Crippen LogP contribution in [0.5, 0.6) is 0 Å². The zero-order valence-electron chi connectivity index (χ0n) is 14.3. The van der Waals surface area contributed by atoms with Gasteiger partial charge in [-0.25, -0.2) is 4.79 Å². The normalized spacial score (nSPS) is 40.1. The zero-order valence-corrected chi connectivity index (χ0v) is 14.3. The van der Waals surface area contributed by atoms with Crippen molar-refractivity contribution in [1.29, 1.82) is 0 Å². The van der Waals surface area contributed by atoms with Gasteiger partial charge in [-0.3, -0.25) is 14.5 Å². The first-order chi connectivity index (χ1) is 11.2. The van der Waals surface area contributed by atoms with Gasteiger partial charge in [-0.15, -0.1) is 0 Å². The molecule has 0 unspecified atom stereocenters. The van der Waals surface area contributed by atoms with Gasteiger partial charge in [-0.05, 0) is 32.1 Å². The Morgan fingerprint density at radius 3 is 2.67 bits per heavy atom. The van der Waals surface area contributed by atoms with Crippen molar-refractivity contribution in [2.75, 3.05) is 13.2 Å². The Kier molecular flexibility index (Phi) is 3.27. The van der Waals surface area contributed by atoms with Gasteiger partial charge >= 0.3 is 12.0 Å². The van der Waals surface area contributed by atoms with E-state index >= 15 is 0 Å². The number of urea groups is 1. The molecule has 1 N–H and O–H groups in total. The summed E-state index contributed by atoms with van der Waals surface area (Å²) >= 11 is 0. The fraction of sp³-hybridized carbons (Fsp3) is 0.824. The van der Waals surface area contributed by atoms with Gasteiger partial charge < -0.3 is 14.8 Å². The maximum Gasteiger partial charge on any atom is 0.326 e. The van der Waals surface area contributed by atoms with Gasteiger partial charge in [0, 0.05) is 17.9 Å². The molecule has 24 heavy (non-hydrogen) atoms. The highest BCUT2D eigenvalue weighted by atomic mass is 16.6. The fourth-order valence-electron chi connectivity index (χ4n) is 4.62. The van der Waals surface area contributed by atoms with Crippen LogP contribution in [0.3, 0.4) is 0 Å². The molecule has 2 aliphatic carbocycles. The number of hydrogen-bond donors (Lipinski definition) is 1. The minimum atomic E-state index is -0.864. The Morgan fingerprint density at radius 1 is 1.29 bits per heavy atom. The zero-order chi connectivity index (χ0) is 17.3. The van der Waals surface area contributed by atoms with Crippen LogP contribution < -0.4 is 5.32 Å². The molecule has 7 heteroatoms. The van der Waals surface area contributed by atoms with Gasteiger partial charge in [0.05, 0.1) is 6.10 Å². The molecule has 4 rings (SSSR count). The number of imide groups is 1. The first-order valence-corrected chi connectivity index (χ1v) is 8.70. The summed E-state index contributed by atoms with van der Waals surface area (Å²) in [5.74, 6) is -0.440. The monoisotopic (exact) mass is 336 g/mol. The number of amides is 3. The van der Waals surface area contributed by atoms with E-state index in [1.807, 2.05) is 13.8 Å². The van der Waals surface area contributed by atoms with Gasteiger partial charge in [0.25, 0.3) is 5.91 Å². The van der Waals surface area contributed by atoms with Gasteiger partial charge in [-0.2, -0.15) is 0 Å². The number of ether oxygens (including phenoxy) is 2. The second-order valence-corrected chi connectivity index (χ2v) is 8.27. The molecule has 2 aliphatic heterocycles. The van der Waals surface area contributed by atoms with E-state index in [-0.39, 0.29) is 41.9 Å². The summed E-state index contributed by atoms with van der Waals surface area (Å²) in [7, 11) is 0. The van der Waals surface area contributed by atoms with E-state index in [9.17, 15) is 14.4 Å². The summed E-state index contributed by atoms with van der Waals surface area (Å²) < 4.78 is 11.3. The second kappa shape index (κ2) is 4.94. The highest BCUT2D eigenvalue weighted by Crippen LogP contribution is 2.53. The number of nitrogens with zero attached hydrogens (tertiary/aromatic N) is 1. The minimum absolute atomic E-state index is 0.130. The van der Waals surface area contributed by atoms with Crippen LogP contribution in [0.1, 0.15) is 40.0 Å². The number of hydrogen-bond acceptors (Lipinski definition) is 5. The SMILES string of the molecule is CC1(C)[C@@H]2OCC[C@H]2[C@H]1OC(=O)CN1C(=O)N[C@](C)(C2CC2)C1=O. The van der Waals surface area contributed by atoms with Gasteiger partial charge in [0.15, 0.2) is 0 Å². The Morgan fingerprint density at radius 2 is 2.00 bits per heavy atom. The molecule has 4 aliphatic rings. The van der Waals surface area contributed by atoms with Crippen molar-refractivity contribution < 1.29 is 23.9 Å². The molecule has 0 aromatic heterocycles. The van der Waals surface area contributed by atoms with Crippen LogP contribution in [0, 0.1) is 17.3 Å². The number of carbonyl (C=O) groups excluding carboxylic acids is 3. The van der Waals surface area contributed by atoms with Gasteiger partial charge in [-0.1, -0.05) is 13.8 Å². The third-order valence-corrected chi connectivity index (χ3v) is 6.23. The van der Waals surface area contributed by atoms with E-state index in [0.29, 0.717) is 6.61 Å². The summed E-state index contributed by atoms with van der Waals surface area (Å²) in [4.78, 5) is 38.0. The van der Waals surface area contributed by atoms with Crippen molar-refractivity contribution in [3.8, 4) is 0 Å². The second-order valence-electron chi connectivity index (χ2n) is 8.27. The molecular formula is C17H24N2O5. The molecule has 4 fully saturated rings. The predicted molar refractivity (Wildman–Crippen MR) is 82.9 cm³/mol. The predicted octanol–water partition coefficient (Wildman–Crippen LogP) is 1.06. The summed E-state index contributed by atoms with van der Waals surface area (Å²) in [6, 6.07) is -0.499. The lowest BCUT2D eigenvalue weighted by Gasteiger charge is -2.53. The Balaban J connectivity index is 1.40. The molecule has 0 aromatic carbocycles. The summed E-state index contributed by atoms with van der Waals surface area (Å²) in [5, 5.41) is 2.74. The first-order valence-electron chi connectivity index (χ1n) is 8.70. The number of fused-ring (bicyclic) bond motifs is 1. The van der Waals surface area contributed by atoms with Gasteiger partial charge in [0.1, 0.15) is 18.2 Å². The molecule has 7 nitrogen and oxygen atoms in total. The van der Waals surface area contributed by atoms with Crippen LogP contribution in [-0.2, 0) is 19.1 Å². The molecule has 0 spiro atoms. The maximum absolute atomic E-state index is 12.5. The van der Waals surface area contributed by atoms with Crippen molar-refractivity contribution >= 4 is 17.9 Å². The van der Waals surface area contributed by atoms with Crippen molar-refractivity contribution in [1.82, 2.24) is 10.2 Å². The molecule has 0 radical (unpaired) electrons. The van der Waals surface area contributed by atoms with Crippen molar-refractivity contribution in [2.24, 2.45) is 17.3 Å². The summed E-state index contributed by atoms with van der Waals surface area (Å²) in [6.45, 7) is 6.16.